The second-order valence-corrected chi connectivity index (χ2v) is 2.89. The van der Waals surface area contributed by atoms with Gasteiger partial charge in [0.25, 0.3) is 0 Å². The van der Waals surface area contributed by atoms with Gasteiger partial charge in [0.15, 0.2) is 0 Å². The third-order valence-corrected chi connectivity index (χ3v) is 1.85. The Morgan fingerprint density at radius 1 is 1.33 bits per heavy atom. The van der Waals surface area contributed by atoms with E-state index in [-0.39, 0.29) is 0 Å². The minimum atomic E-state index is 0.737. The molecule has 2 rings (SSSR count). The molecule has 60 valence electrons. The molecule has 0 unspecified atom stereocenters. The average molecular weight is 179 g/mol. The predicted octanol–water partition coefficient (Wildman–Crippen LogP) is 2.53. The lowest BCUT2D eigenvalue weighted by molar-refractivity contribution is 1.06. The number of aromatic nitrogens is 2. The highest BCUT2D eigenvalue weighted by atomic mass is 35.5. The summed E-state index contributed by atoms with van der Waals surface area (Å²) in [5.41, 5.74) is 1.03. The first kappa shape index (κ1) is 7.37. The van der Waals surface area contributed by atoms with Gasteiger partial charge in [-0.2, -0.15) is 0 Å². The lowest BCUT2D eigenvalue weighted by Gasteiger charge is -2.00. The Labute approximate surface area is 75.4 Å². The first-order valence-electron chi connectivity index (χ1n) is 3.60. The Bertz CT molecular complexity index is 368. The van der Waals surface area contributed by atoms with Crippen LogP contribution in [0.3, 0.4) is 0 Å². The highest BCUT2D eigenvalue weighted by Crippen LogP contribution is 2.13. The first-order valence-corrected chi connectivity index (χ1v) is 3.98. The largest absolute Gasteiger partial charge is 0.306 e. The summed E-state index contributed by atoms with van der Waals surface area (Å²) in [5, 5.41) is 0.737. The number of benzene rings is 1. The summed E-state index contributed by atoms with van der Waals surface area (Å²) >= 11 is 5.83. The van der Waals surface area contributed by atoms with Crippen molar-refractivity contribution in [3.63, 3.8) is 0 Å². The van der Waals surface area contributed by atoms with Crippen LogP contribution >= 0.6 is 11.6 Å². The summed E-state index contributed by atoms with van der Waals surface area (Å²) < 4.78 is 1.91. The zero-order valence-corrected chi connectivity index (χ0v) is 7.07. The maximum absolute atomic E-state index is 5.83. The minimum absolute atomic E-state index is 0.737. The van der Waals surface area contributed by atoms with E-state index in [1.165, 1.54) is 0 Å². The normalized spacial score (nSPS) is 10.1. The maximum atomic E-state index is 5.83. The van der Waals surface area contributed by atoms with E-state index < -0.39 is 0 Å². The predicted molar refractivity (Wildman–Crippen MR) is 48.6 cm³/mol. The van der Waals surface area contributed by atoms with E-state index in [4.69, 9.17) is 11.6 Å². The van der Waals surface area contributed by atoms with Crippen molar-refractivity contribution in [1.82, 2.24) is 9.55 Å². The fourth-order valence-corrected chi connectivity index (χ4v) is 1.23. The van der Waals surface area contributed by atoms with Gasteiger partial charge in [0.2, 0.25) is 0 Å². The van der Waals surface area contributed by atoms with Crippen molar-refractivity contribution < 1.29 is 0 Å². The van der Waals surface area contributed by atoms with E-state index in [1.54, 1.807) is 12.5 Å². The van der Waals surface area contributed by atoms with Gasteiger partial charge in [-0.3, -0.25) is 0 Å². The Kier molecular flexibility index (Phi) is 1.84. The molecule has 1 aromatic heterocycles. The number of rotatable bonds is 1. The number of halogens is 1. The highest BCUT2D eigenvalue weighted by molar-refractivity contribution is 6.30. The molecule has 0 radical (unpaired) electrons. The Morgan fingerprint density at radius 3 is 2.92 bits per heavy atom. The molecule has 0 amide bonds. The average Bonchev–Trinajstić information content (AvgIpc) is 2.56. The molecule has 2 nitrogen and oxygen atoms in total. The molecule has 0 aliphatic rings. The fraction of sp³-hybridized carbons (Fsp3) is 0. The molecule has 0 N–H and O–H groups in total. The van der Waals surface area contributed by atoms with Crippen LogP contribution in [-0.2, 0) is 0 Å². The summed E-state index contributed by atoms with van der Waals surface area (Å²) in [5.74, 6) is 0. The molecule has 0 aliphatic heterocycles. The van der Waals surface area contributed by atoms with Crippen molar-refractivity contribution in [3.05, 3.63) is 48.0 Å². The number of nitrogens with zero attached hydrogens (tertiary/aromatic N) is 2. The summed E-state index contributed by atoms with van der Waals surface area (Å²) in [7, 11) is 0. The van der Waals surface area contributed by atoms with Crippen molar-refractivity contribution in [3.8, 4) is 5.69 Å². The molecule has 2 aromatic rings. The van der Waals surface area contributed by atoms with E-state index in [0.717, 1.165) is 10.7 Å². The van der Waals surface area contributed by atoms with Gasteiger partial charge in [-0.05, 0) is 18.2 Å². The molecule has 0 aliphatic carbocycles. The second kappa shape index (κ2) is 2.99. The van der Waals surface area contributed by atoms with Crippen molar-refractivity contribution in [1.29, 1.82) is 0 Å². The van der Waals surface area contributed by atoms with E-state index in [1.807, 2.05) is 35.0 Å². The number of hydrogen-bond donors (Lipinski definition) is 0. The van der Waals surface area contributed by atoms with Crippen LogP contribution in [0, 0.1) is 0 Å². The van der Waals surface area contributed by atoms with Gasteiger partial charge in [-0.25, -0.2) is 4.98 Å². The van der Waals surface area contributed by atoms with Crippen LogP contribution in [0.4, 0.5) is 0 Å². The molecule has 3 heteroatoms. The maximum Gasteiger partial charge on any atom is 0.0991 e. The summed E-state index contributed by atoms with van der Waals surface area (Å²) in [4.78, 5) is 3.95. The van der Waals surface area contributed by atoms with Crippen LogP contribution in [0.5, 0.6) is 0 Å². The molecule has 0 bridgehead atoms. The highest BCUT2D eigenvalue weighted by Gasteiger charge is 1.94. The second-order valence-electron chi connectivity index (χ2n) is 2.45. The smallest absolute Gasteiger partial charge is 0.0991 e. The van der Waals surface area contributed by atoms with Crippen LogP contribution in [0.1, 0.15) is 0 Å². The van der Waals surface area contributed by atoms with Crippen LogP contribution in [0.15, 0.2) is 43.0 Å². The van der Waals surface area contributed by atoms with Gasteiger partial charge >= 0.3 is 0 Å². The van der Waals surface area contributed by atoms with E-state index in [0.29, 0.717) is 0 Å². The number of imidazole rings is 1. The molecule has 12 heavy (non-hydrogen) atoms. The van der Waals surface area contributed by atoms with Gasteiger partial charge in [0.1, 0.15) is 0 Å². The van der Waals surface area contributed by atoms with E-state index >= 15 is 0 Å². The molecular weight excluding hydrogens is 172 g/mol. The monoisotopic (exact) mass is 178 g/mol. The van der Waals surface area contributed by atoms with Gasteiger partial charge in [-0.1, -0.05) is 17.7 Å². The molecular formula is C9H7ClN2. The summed E-state index contributed by atoms with van der Waals surface area (Å²) in [6.07, 6.45) is 5.36. The number of hydrogen-bond acceptors (Lipinski definition) is 1. The van der Waals surface area contributed by atoms with Gasteiger partial charge in [0.05, 0.1) is 6.33 Å². The molecule has 0 saturated carbocycles. The van der Waals surface area contributed by atoms with Gasteiger partial charge < -0.3 is 4.57 Å². The third kappa shape index (κ3) is 1.34. The zero-order chi connectivity index (χ0) is 8.39. The van der Waals surface area contributed by atoms with Gasteiger partial charge in [0, 0.05) is 23.1 Å². The first-order chi connectivity index (χ1) is 5.86. The molecule has 0 fully saturated rings. The van der Waals surface area contributed by atoms with Crippen molar-refractivity contribution in [2.75, 3.05) is 0 Å². The van der Waals surface area contributed by atoms with E-state index in [2.05, 4.69) is 4.98 Å². The molecule has 1 aromatic carbocycles. The molecule has 1 heterocycles. The Hall–Kier alpha value is -1.28. The van der Waals surface area contributed by atoms with Crippen LogP contribution in [-0.4, -0.2) is 9.55 Å². The van der Waals surface area contributed by atoms with Crippen molar-refractivity contribution in [2.45, 2.75) is 0 Å². The fourth-order valence-electron chi connectivity index (χ4n) is 1.05. The van der Waals surface area contributed by atoms with Crippen LogP contribution < -0.4 is 0 Å². The van der Waals surface area contributed by atoms with Crippen molar-refractivity contribution >= 4 is 11.6 Å². The third-order valence-electron chi connectivity index (χ3n) is 1.61. The summed E-state index contributed by atoms with van der Waals surface area (Å²) in [6.45, 7) is 0. The lowest BCUT2D eigenvalue weighted by Crippen LogP contribution is -1.88. The SMILES string of the molecule is Clc1cccc(-n2ccnc2)c1. The lowest BCUT2D eigenvalue weighted by atomic mass is 10.3. The standard InChI is InChI=1S/C9H7ClN2/c10-8-2-1-3-9(6-8)12-5-4-11-7-12/h1-7H. The van der Waals surface area contributed by atoms with Crippen LogP contribution in [0.25, 0.3) is 5.69 Å². The molecule has 0 spiro atoms. The molecule has 0 saturated heterocycles. The summed E-state index contributed by atoms with van der Waals surface area (Å²) in [6, 6.07) is 7.64. The minimum Gasteiger partial charge on any atom is -0.306 e. The van der Waals surface area contributed by atoms with Crippen molar-refractivity contribution in [2.24, 2.45) is 0 Å². The quantitative estimate of drug-likeness (QED) is 0.656. The molecule has 0 atom stereocenters. The topological polar surface area (TPSA) is 17.8 Å². The van der Waals surface area contributed by atoms with Crippen LogP contribution in [0.2, 0.25) is 5.02 Å². The van der Waals surface area contributed by atoms with E-state index in [9.17, 15) is 0 Å². The zero-order valence-electron chi connectivity index (χ0n) is 6.31. The Balaban J connectivity index is 2.48. The Morgan fingerprint density at radius 2 is 2.25 bits per heavy atom. The van der Waals surface area contributed by atoms with Gasteiger partial charge in [-0.15, -0.1) is 0 Å².